The van der Waals surface area contributed by atoms with Crippen molar-refractivity contribution in [2.75, 3.05) is 27.3 Å². The van der Waals surface area contributed by atoms with Crippen molar-refractivity contribution in [3.05, 3.63) is 0 Å². The third-order valence-electron chi connectivity index (χ3n) is 2.58. The maximum Gasteiger partial charge on any atom is 0.0971 e. The first kappa shape index (κ1) is 9.96. The van der Waals surface area contributed by atoms with Gasteiger partial charge in [-0.3, -0.25) is 4.90 Å². The molecule has 0 aromatic rings. The summed E-state index contributed by atoms with van der Waals surface area (Å²) < 4.78 is 10.7. The van der Waals surface area contributed by atoms with Gasteiger partial charge in [-0.15, -0.1) is 0 Å². The van der Waals surface area contributed by atoms with Crippen molar-refractivity contribution < 1.29 is 9.47 Å². The van der Waals surface area contributed by atoms with Crippen LogP contribution in [0.4, 0.5) is 0 Å². The lowest BCUT2D eigenvalue weighted by Gasteiger charge is -2.19. The zero-order valence-corrected chi connectivity index (χ0v) is 8.41. The fraction of sp³-hybridized carbons (Fsp3) is 1.00. The fourth-order valence-electron chi connectivity index (χ4n) is 1.65. The van der Waals surface area contributed by atoms with E-state index in [1.807, 2.05) is 0 Å². The van der Waals surface area contributed by atoms with Gasteiger partial charge >= 0.3 is 0 Å². The molecule has 3 nitrogen and oxygen atoms in total. The summed E-state index contributed by atoms with van der Waals surface area (Å²) in [4.78, 5) is 2.38. The minimum Gasteiger partial charge on any atom is -0.377 e. The molecule has 72 valence electrons. The Kier molecular flexibility index (Phi) is 3.50. The number of hydrogen-bond acceptors (Lipinski definition) is 3. The van der Waals surface area contributed by atoms with Gasteiger partial charge in [-0.2, -0.15) is 0 Å². The van der Waals surface area contributed by atoms with Gasteiger partial charge in [0.05, 0.1) is 12.2 Å². The van der Waals surface area contributed by atoms with E-state index < -0.39 is 0 Å². The van der Waals surface area contributed by atoms with E-state index in [0.717, 1.165) is 13.1 Å². The summed E-state index contributed by atoms with van der Waals surface area (Å²) in [6.45, 7) is 6.38. The topological polar surface area (TPSA) is 21.7 Å². The molecule has 1 aliphatic heterocycles. The van der Waals surface area contributed by atoms with E-state index in [1.165, 1.54) is 0 Å². The second kappa shape index (κ2) is 4.21. The molecule has 0 radical (unpaired) electrons. The summed E-state index contributed by atoms with van der Waals surface area (Å²) in [5.41, 5.74) is 0. The number of nitrogens with zero attached hydrogens (tertiary/aromatic N) is 1. The van der Waals surface area contributed by atoms with Gasteiger partial charge in [0.25, 0.3) is 0 Å². The number of rotatable bonds is 3. The van der Waals surface area contributed by atoms with E-state index >= 15 is 0 Å². The molecule has 0 spiro atoms. The molecule has 0 unspecified atom stereocenters. The SMILES string of the molecule is CO[C@H]1CN(C(C)C)C[C@@H]1OC. The smallest absolute Gasteiger partial charge is 0.0971 e. The molecule has 0 aromatic carbocycles. The zero-order chi connectivity index (χ0) is 9.14. The van der Waals surface area contributed by atoms with Gasteiger partial charge in [-0.05, 0) is 13.8 Å². The first-order valence-electron chi connectivity index (χ1n) is 4.48. The van der Waals surface area contributed by atoms with Crippen molar-refractivity contribution in [3.63, 3.8) is 0 Å². The Bertz CT molecular complexity index is 126. The normalized spacial score (nSPS) is 31.8. The van der Waals surface area contributed by atoms with Crippen molar-refractivity contribution in [3.8, 4) is 0 Å². The zero-order valence-electron chi connectivity index (χ0n) is 8.41. The van der Waals surface area contributed by atoms with Crippen LogP contribution in [-0.4, -0.2) is 50.5 Å². The van der Waals surface area contributed by atoms with E-state index in [-0.39, 0.29) is 12.2 Å². The van der Waals surface area contributed by atoms with Gasteiger partial charge < -0.3 is 9.47 Å². The average molecular weight is 173 g/mol. The van der Waals surface area contributed by atoms with Crippen LogP contribution in [0.3, 0.4) is 0 Å². The van der Waals surface area contributed by atoms with Crippen LogP contribution in [0.1, 0.15) is 13.8 Å². The summed E-state index contributed by atoms with van der Waals surface area (Å²) >= 11 is 0. The fourth-order valence-corrected chi connectivity index (χ4v) is 1.65. The highest BCUT2D eigenvalue weighted by Crippen LogP contribution is 2.17. The van der Waals surface area contributed by atoms with Crippen molar-refractivity contribution in [2.45, 2.75) is 32.1 Å². The highest BCUT2D eigenvalue weighted by atomic mass is 16.5. The molecule has 1 aliphatic rings. The quantitative estimate of drug-likeness (QED) is 0.628. The Morgan fingerprint density at radius 3 is 1.75 bits per heavy atom. The monoisotopic (exact) mass is 173 g/mol. The van der Waals surface area contributed by atoms with E-state index in [9.17, 15) is 0 Å². The Morgan fingerprint density at radius 2 is 1.50 bits per heavy atom. The van der Waals surface area contributed by atoms with Crippen LogP contribution in [0.5, 0.6) is 0 Å². The second-order valence-corrected chi connectivity index (χ2v) is 3.60. The predicted octanol–water partition coefficient (Wildman–Crippen LogP) is 0.740. The summed E-state index contributed by atoms with van der Waals surface area (Å²) in [5, 5.41) is 0. The van der Waals surface area contributed by atoms with Crippen LogP contribution in [0, 0.1) is 0 Å². The maximum absolute atomic E-state index is 5.33. The minimum atomic E-state index is 0.248. The molecule has 12 heavy (non-hydrogen) atoms. The Balaban J connectivity index is 2.47. The van der Waals surface area contributed by atoms with Gasteiger partial charge in [-0.1, -0.05) is 0 Å². The predicted molar refractivity (Wildman–Crippen MR) is 48.3 cm³/mol. The van der Waals surface area contributed by atoms with Gasteiger partial charge in [0.1, 0.15) is 0 Å². The van der Waals surface area contributed by atoms with E-state index in [2.05, 4.69) is 18.7 Å². The molecule has 0 aliphatic carbocycles. The second-order valence-electron chi connectivity index (χ2n) is 3.60. The van der Waals surface area contributed by atoms with Crippen LogP contribution in [0.25, 0.3) is 0 Å². The van der Waals surface area contributed by atoms with Crippen LogP contribution in [0.2, 0.25) is 0 Å². The summed E-state index contributed by atoms with van der Waals surface area (Å²) in [7, 11) is 3.50. The Labute approximate surface area is 74.6 Å². The molecule has 0 bridgehead atoms. The maximum atomic E-state index is 5.33. The van der Waals surface area contributed by atoms with E-state index in [1.54, 1.807) is 14.2 Å². The molecule has 3 heteroatoms. The third kappa shape index (κ3) is 1.97. The van der Waals surface area contributed by atoms with Crippen molar-refractivity contribution >= 4 is 0 Å². The summed E-state index contributed by atoms with van der Waals surface area (Å²) in [5.74, 6) is 0. The van der Waals surface area contributed by atoms with Crippen LogP contribution < -0.4 is 0 Å². The summed E-state index contributed by atoms with van der Waals surface area (Å²) in [6, 6.07) is 0.586. The van der Waals surface area contributed by atoms with Crippen molar-refractivity contribution in [2.24, 2.45) is 0 Å². The van der Waals surface area contributed by atoms with Crippen molar-refractivity contribution in [1.82, 2.24) is 4.90 Å². The highest BCUT2D eigenvalue weighted by molar-refractivity contribution is 4.86. The lowest BCUT2D eigenvalue weighted by atomic mass is 10.3. The third-order valence-corrected chi connectivity index (χ3v) is 2.58. The summed E-state index contributed by atoms with van der Waals surface area (Å²) in [6.07, 6.45) is 0.495. The van der Waals surface area contributed by atoms with Gasteiger partial charge in [0, 0.05) is 33.4 Å². The lowest BCUT2D eigenvalue weighted by Crippen LogP contribution is -2.29. The molecule has 1 saturated heterocycles. The number of ether oxygens (including phenoxy) is 2. The Hall–Kier alpha value is -0.120. The van der Waals surface area contributed by atoms with Crippen LogP contribution >= 0.6 is 0 Å². The number of likely N-dealkylation sites (tertiary alicyclic amines) is 1. The standard InChI is InChI=1S/C9H19NO2/c1-7(2)10-5-8(11-3)9(6-10)12-4/h7-9H,5-6H2,1-4H3/t8-,9-/m0/s1. The highest BCUT2D eigenvalue weighted by Gasteiger charge is 2.33. The molecule has 1 rings (SSSR count). The van der Waals surface area contributed by atoms with E-state index in [0.29, 0.717) is 6.04 Å². The molecule has 0 aromatic heterocycles. The first-order chi connectivity index (χ1) is 5.69. The lowest BCUT2D eigenvalue weighted by molar-refractivity contribution is -0.00461. The molecule has 1 fully saturated rings. The van der Waals surface area contributed by atoms with Gasteiger partial charge in [-0.25, -0.2) is 0 Å². The molecule has 0 amide bonds. The molecule has 0 saturated carbocycles. The molecular weight excluding hydrogens is 154 g/mol. The Morgan fingerprint density at radius 1 is 1.08 bits per heavy atom. The average Bonchev–Trinajstić information content (AvgIpc) is 2.46. The van der Waals surface area contributed by atoms with Gasteiger partial charge in [0.15, 0.2) is 0 Å². The minimum absolute atomic E-state index is 0.248. The molecule has 0 N–H and O–H groups in total. The van der Waals surface area contributed by atoms with Crippen LogP contribution in [-0.2, 0) is 9.47 Å². The molecule has 1 heterocycles. The first-order valence-corrected chi connectivity index (χ1v) is 4.48. The molecule has 2 atom stereocenters. The molecular formula is C9H19NO2. The van der Waals surface area contributed by atoms with Crippen molar-refractivity contribution in [1.29, 1.82) is 0 Å². The number of methoxy groups -OCH3 is 2. The number of hydrogen-bond donors (Lipinski definition) is 0. The van der Waals surface area contributed by atoms with Crippen LogP contribution in [0.15, 0.2) is 0 Å². The largest absolute Gasteiger partial charge is 0.377 e. The van der Waals surface area contributed by atoms with Gasteiger partial charge in [0.2, 0.25) is 0 Å². The van der Waals surface area contributed by atoms with E-state index in [4.69, 9.17) is 9.47 Å².